The summed E-state index contributed by atoms with van der Waals surface area (Å²) < 4.78 is 12.8. The summed E-state index contributed by atoms with van der Waals surface area (Å²) in [4.78, 5) is 9.96. The van der Waals surface area contributed by atoms with Crippen LogP contribution >= 0.6 is 15.9 Å². The molecule has 188 valence electrons. The number of ether oxygens (including phenoxy) is 1. The zero-order valence-corrected chi connectivity index (χ0v) is 22.5. The number of aliphatic imine (C=N–C) groups is 1. The van der Waals surface area contributed by atoms with Crippen molar-refractivity contribution in [1.82, 2.24) is 4.98 Å². The normalized spacial score (nSPS) is 21.2. The molecule has 3 aliphatic rings. The lowest BCUT2D eigenvalue weighted by molar-refractivity contribution is 0.0644. The van der Waals surface area contributed by atoms with Crippen molar-refractivity contribution in [3.8, 4) is 22.8 Å². The summed E-state index contributed by atoms with van der Waals surface area (Å²) in [6.07, 6.45) is 14.6. The van der Waals surface area contributed by atoms with Crippen LogP contribution in [0.3, 0.4) is 0 Å². The summed E-state index contributed by atoms with van der Waals surface area (Å²) in [5.41, 5.74) is 5.97. The Hall–Kier alpha value is -2.24. The van der Waals surface area contributed by atoms with E-state index >= 15 is 0 Å². The van der Waals surface area contributed by atoms with Gasteiger partial charge >= 0.3 is 0 Å². The Labute approximate surface area is 222 Å². The van der Waals surface area contributed by atoms with Crippen LogP contribution in [0.5, 0.6) is 0 Å². The summed E-state index contributed by atoms with van der Waals surface area (Å²) in [6.45, 7) is 1.85. The maximum absolute atomic E-state index is 6.17. The molecule has 0 spiro atoms. The van der Waals surface area contributed by atoms with E-state index in [1.165, 1.54) is 62.6 Å². The highest BCUT2D eigenvalue weighted by Crippen LogP contribution is 2.41. The molecule has 3 heterocycles. The van der Waals surface area contributed by atoms with Crippen molar-refractivity contribution in [2.45, 2.75) is 64.2 Å². The molecule has 0 N–H and O–H groups in total. The van der Waals surface area contributed by atoms with Gasteiger partial charge in [0, 0.05) is 40.4 Å². The fourth-order valence-electron chi connectivity index (χ4n) is 6.32. The van der Waals surface area contributed by atoms with E-state index in [1.807, 2.05) is 30.5 Å². The molecular formula is C31H35BrN2O2. The number of hydrogen-bond acceptors (Lipinski definition) is 4. The lowest BCUT2D eigenvalue weighted by Crippen LogP contribution is -2.30. The number of fused-ring (bicyclic) bond motifs is 1. The Kier molecular flexibility index (Phi) is 7.38. The highest BCUT2D eigenvalue weighted by Gasteiger charge is 2.32. The van der Waals surface area contributed by atoms with Crippen LogP contribution in [-0.4, -0.2) is 23.9 Å². The van der Waals surface area contributed by atoms with Gasteiger partial charge in [0.25, 0.3) is 0 Å². The fourth-order valence-corrected chi connectivity index (χ4v) is 6.59. The first kappa shape index (κ1) is 24.1. The molecule has 36 heavy (non-hydrogen) atoms. The molecule has 1 saturated carbocycles. The van der Waals surface area contributed by atoms with Crippen LogP contribution in [-0.2, 0) is 11.2 Å². The predicted molar refractivity (Wildman–Crippen MR) is 149 cm³/mol. The lowest BCUT2D eigenvalue weighted by Gasteiger charge is -2.35. The topological polar surface area (TPSA) is 47.6 Å². The first-order valence-corrected chi connectivity index (χ1v) is 14.5. The van der Waals surface area contributed by atoms with Gasteiger partial charge < -0.3 is 9.15 Å². The van der Waals surface area contributed by atoms with Gasteiger partial charge in [-0.3, -0.25) is 4.99 Å². The lowest BCUT2D eigenvalue weighted by atomic mass is 9.72. The minimum absolute atomic E-state index is 0.606. The molecule has 0 bridgehead atoms. The molecule has 3 aromatic rings. The number of oxazole rings is 1. The van der Waals surface area contributed by atoms with Crippen molar-refractivity contribution in [3.63, 3.8) is 0 Å². The molecule has 2 aromatic carbocycles. The third kappa shape index (κ3) is 5.38. The molecule has 1 unspecified atom stereocenters. The molecule has 1 aliphatic carbocycles. The molecule has 6 rings (SSSR count). The van der Waals surface area contributed by atoms with Crippen LogP contribution < -0.4 is 0 Å². The third-order valence-electron chi connectivity index (χ3n) is 8.47. The van der Waals surface area contributed by atoms with Gasteiger partial charge in [-0.2, -0.15) is 0 Å². The van der Waals surface area contributed by atoms with Crippen molar-refractivity contribution in [1.29, 1.82) is 0 Å². The van der Waals surface area contributed by atoms with Crippen molar-refractivity contribution in [2.24, 2.45) is 22.7 Å². The summed E-state index contributed by atoms with van der Waals surface area (Å²) >= 11 is 3.50. The molecule has 4 nitrogen and oxygen atoms in total. The fraction of sp³-hybridized carbons (Fsp3) is 0.484. The SMILES string of the molecule is Brc1ccc(-c2cnc(-c3ccc4c(c3)N=C(CCC3CCOCC3)C(C3CCCCC3)C4)o2)cc1. The van der Waals surface area contributed by atoms with Gasteiger partial charge in [0.05, 0.1) is 11.9 Å². The van der Waals surface area contributed by atoms with Gasteiger partial charge in [-0.05, 0) is 86.6 Å². The van der Waals surface area contributed by atoms with E-state index in [1.54, 1.807) is 0 Å². The molecule has 2 fully saturated rings. The average molecular weight is 548 g/mol. The van der Waals surface area contributed by atoms with Gasteiger partial charge in [-0.25, -0.2) is 4.98 Å². The quantitative estimate of drug-likeness (QED) is 0.310. The summed E-state index contributed by atoms with van der Waals surface area (Å²) in [7, 11) is 0. The van der Waals surface area contributed by atoms with Crippen molar-refractivity contribution < 1.29 is 9.15 Å². The van der Waals surface area contributed by atoms with Crippen molar-refractivity contribution in [2.75, 3.05) is 13.2 Å². The van der Waals surface area contributed by atoms with Crippen molar-refractivity contribution >= 4 is 27.3 Å². The van der Waals surface area contributed by atoms with E-state index in [9.17, 15) is 0 Å². The first-order chi connectivity index (χ1) is 17.7. The standard InChI is InChI=1S/C31H35BrN2O2/c32-26-11-9-23(10-12-26)30-20-33-31(36-30)25-8-7-24-18-27(22-4-2-1-3-5-22)28(34-29(24)19-25)13-6-21-14-16-35-17-15-21/h7-12,19-22,27H,1-6,13-18H2. The van der Waals surface area contributed by atoms with E-state index in [0.717, 1.165) is 64.9 Å². The molecule has 0 radical (unpaired) electrons. The molecular weight excluding hydrogens is 512 g/mol. The van der Waals surface area contributed by atoms with Crippen LogP contribution in [0.2, 0.25) is 0 Å². The smallest absolute Gasteiger partial charge is 0.226 e. The average Bonchev–Trinajstić information content (AvgIpc) is 3.43. The van der Waals surface area contributed by atoms with Crippen LogP contribution in [0, 0.1) is 17.8 Å². The number of rotatable bonds is 6. The minimum Gasteiger partial charge on any atom is -0.436 e. The van der Waals surface area contributed by atoms with Crippen LogP contribution in [0.15, 0.2) is 62.5 Å². The number of halogens is 1. The van der Waals surface area contributed by atoms with Crippen LogP contribution in [0.25, 0.3) is 22.8 Å². The second-order valence-corrected chi connectivity index (χ2v) is 11.7. The maximum Gasteiger partial charge on any atom is 0.226 e. The molecule has 5 heteroatoms. The first-order valence-electron chi connectivity index (χ1n) is 13.7. The van der Waals surface area contributed by atoms with Crippen molar-refractivity contribution in [3.05, 3.63) is 58.7 Å². The van der Waals surface area contributed by atoms with Gasteiger partial charge in [0.15, 0.2) is 5.76 Å². The largest absolute Gasteiger partial charge is 0.436 e. The van der Waals surface area contributed by atoms with E-state index in [4.69, 9.17) is 14.1 Å². The Bertz CT molecular complexity index is 1200. The highest BCUT2D eigenvalue weighted by atomic mass is 79.9. The van der Waals surface area contributed by atoms with Gasteiger partial charge in [-0.15, -0.1) is 0 Å². The molecule has 2 aliphatic heterocycles. The zero-order chi connectivity index (χ0) is 24.3. The molecule has 1 atom stereocenters. The van der Waals surface area contributed by atoms with E-state index < -0.39 is 0 Å². The monoisotopic (exact) mass is 546 g/mol. The van der Waals surface area contributed by atoms with E-state index in [-0.39, 0.29) is 0 Å². The second-order valence-electron chi connectivity index (χ2n) is 10.8. The van der Waals surface area contributed by atoms with Gasteiger partial charge in [-0.1, -0.05) is 53.4 Å². The Morgan fingerprint density at radius 3 is 2.47 bits per heavy atom. The Morgan fingerprint density at radius 2 is 1.67 bits per heavy atom. The summed E-state index contributed by atoms with van der Waals surface area (Å²) in [6, 6.07) is 14.8. The molecule has 1 aromatic heterocycles. The van der Waals surface area contributed by atoms with Gasteiger partial charge in [0.1, 0.15) is 0 Å². The number of hydrogen-bond donors (Lipinski definition) is 0. The number of benzene rings is 2. The molecule has 0 amide bonds. The van der Waals surface area contributed by atoms with E-state index in [0.29, 0.717) is 11.8 Å². The zero-order valence-electron chi connectivity index (χ0n) is 20.9. The predicted octanol–water partition coefficient (Wildman–Crippen LogP) is 8.80. The van der Waals surface area contributed by atoms with Crippen LogP contribution in [0.1, 0.15) is 63.4 Å². The number of nitrogens with zero attached hydrogens (tertiary/aromatic N) is 2. The Morgan fingerprint density at radius 1 is 0.889 bits per heavy atom. The maximum atomic E-state index is 6.17. The third-order valence-corrected chi connectivity index (χ3v) is 9.00. The molecule has 1 saturated heterocycles. The summed E-state index contributed by atoms with van der Waals surface area (Å²) in [5.74, 6) is 3.62. The number of aromatic nitrogens is 1. The van der Waals surface area contributed by atoms with E-state index in [2.05, 4.69) is 39.1 Å². The van der Waals surface area contributed by atoms with Crippen LogP contribution in [0.4, 0.5) is 5.69 Å². The van der Waals surface area contributed by atoms with Gasteiger partial charge in [0.2, 0.25) is 5.89 Å². The highest BCUT2D eigenvalue weighted by molar-refractivity contribution is 9.10. The second kappa shape index (κ2) is 11.0. The minimum atomic E-state index is 0.606. The summed E-state index contributed by atoms with van der Waals surface area (Å²) in [5, 5.41) is 0. The Balaban J connectivity index is 1.26.